The van der Waals surface area contributed by atoms with Gasteiger partial charge >= 0.3 is 0 Å². The van der Waals surface area contributed by atoms with Gasteiger partial charge in [0.05, 0.1) is 11.4 Å². The number of nitrogens with zero attached hydrogens (tertiary/aromatic N) is 2. The molecule has 4 heteroatoms. The fourth-order valence-corrected chi connectivity index (χ4v) is 2.59. The van der Waals surface area contributed by atoms with E-state index in [1.54, 1.807) is 22.7 Å². The van der Waals surface area contributed by atoms with Crippen LogP contribution in [-0.2, 0) is 0 Å². The van der Waals surface area contributed by atoms with Crippen LogP contribution in [0.1, 0.15) is 39.0 Å². The number of aliphatic hydroxyl groups excluding tert-OH is 1. The summed E-state index contributed by atoms with van der Waals surface area (Å²) in [5, 5.41) is 10.7. The molecular formula is C17H16N2O2. The number of hydrogen-bond donors (Lipinski definition) is 1. The topological polar surface area (TPSA) is 54.6 Å². The Morgan fingerprint density at radius 2 is 2.05 bits per heavy atom. The number of aromatic nitrogens is 2. The fourth-order valence-electron chi connectivity index (χ4n) is 2.59. The summed E-state index contributed by atoms with van der Waals surface area (Å²) in [7, 11) is 0. The number of aryl methyl sites for hydroxylation is 2. The minimum atomic E-state index is -0.776. The number of benzene rings is 1. The average Bonchev–Trinajstić information content (AvgIpc) is 2.81. The summed E-state index contributed by atoms with van der Waals surface area (Å²) >= 11 is 0. The third-order valence-electron chi connectivity index (χ3n) is 3.62. The largest absolute Gasteiger partial charge is 0.382 e. The molecule has 0 bridgehead atoms. The van der Waals surface area contributed by atoms with Gasteiger partial charge in [0.1, 0.15) is 11.8 Å². The molecule has 0 saturated heterocycles. The molecule has 0 fully saturated rings. The van der Waals surface area contributed by atoms with Crippen molar-refractivity contribution in [3.8, 4) is 0 Å². The molecule has 1 unspecified atom stereocenters. The third kappa shape index (κ3) is 2.34. The van der Waals surface area contributed by atoms with Gasteiger partial charge in [0.15, 0.2) is 6.29 Å². The van der Waals surface area contributed by atoms with Gasteiger partial charge in [0.2, 0.25) is 0 Å². The second-order valence-corrected chi connectivity index (χ2v) is 5.21. The molecule has 0 aliphatic heterocycles. The fraction of sp³-hybridized carbons (Fsp3) is 0.176. The minimum Gasteiger partial charge on any atom is -0.382 e. The first-order valence-electron chi connectivity index (χ1n) is 6.78. The van der Waals surface area contributed by atoms with E-state index in [9.17, 15) is 9.90 Å². The second kappa shape index (κ2) is 5.14. The maximum Gasteiger partial charge on any atom is 0.151 e. The molecule has 0 spiro atoms. The van der Waals surface area contributed by atoms with E-state index in [2.05, 4.69) is 4.98 Å². The molecule has 4 nitrogen and oxygen atoms in total. The average molecular weight is 280 g/mol. The summed E-state index contributed by atoms with van der Waals surface area (Å²) in [5.41, 5.74) is 4.63. The van der Waals surface area contributed by atoms with Crippen molar-refractivity contribution in [1.29, 1.82) is 0 Å². The molecule has 3 rings (SSSR count). The first-order valence-corrected chi connectivity index (χ1v) is 6.78. The minimum absolute atomic E-state index is 0.553. The number of carbonyl (C=O) groups excluding carboxylic acids is 1. The zero-order chi connectivity index (χ0) is 15.0. The van der Waals surface area contributed by atoms with Crippen molar-refractivity contribution in [2.45, 2.75) is 20.0 Å². The van der Waals surface area contributed by atoms with Gasteiger partial charge in [-0.05, 0) is 31.5 Å². The molecule has 0 saturated carbocycles. The van der Waals surface area contributed by atoms with E-state index in [1.165, 1.54) is 0 Å². The first kappa shape index (κ1) is 13.5. The highest BCUT2D eigenvalue weighted by molar-refractivity contribution is 5.75. The Morgan fingerprint density at radius 1 is 1.24 bits per heavy atom. The van der Waals surface area contributed by atoms with Crippen LogP contribution in [0, 0.1) is 13.8 Å². The molecule has 0 aliphatic rings. The molecule has 3 aromatic rings. The van der Waals surface area contributed by atoms with E-state index < -0.39 is 6.10 Å². The Labute approximate surface area is 122 Å². The number of aldehydes is 1. The van der Waals surface area contributed by atoms with Crippen LogP contribution >= 0.6 is 0 Å². The third-order valence-corrected chi connectivity index (χ3v) is 3.62. The summed E-state index contributed by atoms with van der Waals surface area (Å²) in [6, 6.07) is 11.2. The van der Waals surface area contributed by atoms with Crippen molar-refractivity contribution in [2.75, 3.05) is 0 Å². The lowest BCUT2D eigenvalue weighted by atomic mass is 10.0. The highest BCUT2D eigenvalue weighted by Crippen LogP contribution is 2.26. The summed E-state index contributed by atoms with van der Waals surface area (Å²) in [4.78, 5) is 15.4. The van der Waals surface area contributed by atoms with E-state index >= 15 is 0 Å². The van der Waals surface area contributed by atoms with E-state index in [-0.39, 0.29) is 0 Å². The Hall–Kier alpha value is -2.46. The molecule has 2 heterocycles. The summed E-state index contributed by atoms with van der Waals surface area (Å²) < 4.78 is 1.78. The van der Waals surface area contributed by atoms with E-state index in [0.29, 0.717) is 11.3 Å². The van der Waals surface area contributed by atoms with Crippen LogP contribution < -0.4 is 0 Å². The molecule has 0 amide bonds. The lowest BCUT2D eigenvalue weighted by Gasteiger charge is -2.13. The smallest absolute Gasteiger partial charge is 0.151 e. The van der Waals surface area contributed by atoms with Gasteiger partial charge in [0, 0.05) is 11.8 Å². The predicted molar refractivity (Wildman–Crippen MR) is 80.6 cm³/mol. The Morgan fingerprint density at radius 3 is 2.76 bits per heavy atom. The van der Waals surface area contributed by atoms with Gasteiger partial charge in [-0.2, -0.15) is 0 Å². The zero-order valence-corrected chi connectivity index (χ0v) is 11.9. The monoisotopic (exact) mass is 280 g/mol. The van der Waals surface area contributed by atoms with E-state index in [1.807, 2.05) is 38.1 Å². The predicted octanol–water partition coefficient (Wildman–Crippen LogP) is 2.85. The van der Waals surface area contributed by atoms with Crippen molar-refractivity contribution >= 4 is 11.9 Å². The molecule has 21 heavy (non-hydrogen) atoms. The van der Waals surface area contributed by atoms with Gasteiger partial charge in [-0.3, -0.25) is 4.79 Å². The summed E-state index contributed by atoms with van der Waals surface area (Å²) in [6.45, 7) is 3.85. The van der Waals surface area contributed by atoms with Crippen molar-refractivity contribution in [2.24, 2.45) is 0 Å². The van der Waals surface area contributed by atoms with Crippen LogP contribution in [0.5, 0.6) is 0 Å². The van der Waals surface area contributed by atoms with Crippen molar-refractivity contribution in [3.05, 3.63) is 70.7 Å². The molecule has 1 aromatic carbocycles. The molecule has 1 N–H and O–H groups in total. The lowest BCUT2D eigenvalue weighted by molar-refractivity contribution is 0.112. The standard InChI is InChI=1S/C17H16N2O2/c1-11-4-3-5-14(8-11)17(21)16-12(2)18-15-7-6-13(10-20)9-19(15)16/h3-10,17,21H,1-2H3. The van der Waals surface area contributed by atoms with Crippen molar-refractivity contribution < 1.29 is 9.90 Å². The van der Waals surface area contributed by atoms with Crippen LogP contribution in [0.15, 0.2) is 42.6 Å². The van der Waals surface area contributed by atoms with Crippen molar-refractivity contribution in [1.82, 2.24) is 9.38 Å². The SMILES string of the molecule is Cc1cccc(C(O)c2c(C)nc3ccc(C=O)cn23)c1. The molecule has 2 aromatic heterocycles. The number of imidazole rings is 1. The summed E-state index contributed by atoms with van der Waals surface area (Å²) in [5.74, 6) is 0. The van der Waals surface area contributed by atoms with E-state index in [4.69, 9.17) is 0 Å². The normalized spacial score (nSPS) is 12.5. The first-order chi connectivity index (χ1) is 10.1. The maximum absolute atomic E-state index is 11.0. The lowest BCUT2D eigenvalue weighted by Crippen LogP contribution is -2.06. The Bertz CT molecular complexity index is 821. The van der Waals surface area contributed by atoms with Crippen molar-refractivity contribution in [3.63, 3.8) is 0 Å². The molecule has 0 aliphatic carbocycles. The quantitative estimate of drug-likeness (QED) is 0.751. The highest BCUT2D eigenvalue weighted by Gasteiger charge is 2.19. The Balaban J connectivity index is 2.18. The highest BCUT2D eigenvalue weighted by atomic mass is 16.3. The Kier molecular flexibility index (Phi) is 3.31. The number of fused-ring (bicyclic) bond motifs is 1. The number of aliphatic hydroxyl groups is 1. The van der Waals surface area contributed by atoms with E-state index in [0.717, 1.165) is 28.8 Å². The van der Waals surface area contributed by atoms with Crippen LogP contribution in [0.25, 0.3) is 5.65 Å². The van der Waals surface area contributed by atoms with Gasteiger partial charge in [-0.25, -0.2) is 4.98 Å². The van der Waals surface area contributed by atoms with Crippen LogP contribution in [0.2, 0.25) is 0 Å². The summed E-state index contributed by atoms with van der Waals surface area (Å²) in [6.07, 6.45) is 1.72. The number of pyridine rings is 1. The van der Waals surface area contributed by atoms with Gasteiger partial charge in [0.25, 0.3) is 0 Å². The van der Waals surface area contributed by atoms with Gasteiger partial charge in [-0.15, -0.1) is 0 Å². The molecule has 106 valence electrons. The number of hydrogen-bond acceptors (Lipinski definition) is 3. The molecular weight excluding hydrogens is 264 g/mol. The second-order valence-electron chi connectivity index (χ2n) is 5.21. The van der Waals surface area contributed by atoms with Crippen LogP contribution in [0.4, 0.5) is 0 Å². The maximum atomic E-state index is 11.0. The molecule has 1 atom stereocenters. The number of carbonyl (C=O) groups is 1. The van der Waals surface area contributed by atoms with Crippen LogP contribution in [-0.4, -0.2) is 20.8 Å². The molecule has 0 radical (unpaired) electrons. The van der Waals surface area contributed by atoms with Crippen LogP contribution in [0.3, 0.4) is 0 Å². The zero-order valence-electron chi connectivity index (χ0n) is 11.9. The number of rotatable bonds is 3. The van der Waals surface area contributed by atoms with Gasteiger partial charge in [-0.1, -0.05) is 29.8 Å². The van der Waals surface area contributed by atoms with Gasteiger partial charge < -0.3 is 9.51 Å².